The Kier molecular flexibility index (Phi) is 6.40. The largest absolute Gasteiger partial charge is 0.481 e. The van der Waals surface area contributed by atoms with Crippen molar-refractivity contribution in [3.05, 3.63) is 108 Å². The molecule has 2 aromatic heterocycles. The lowest BCUT2D eigenvalue weighted by Crippen LogP contribution is -2.03. The lowest BCUT2D eigenvalue weighted by molar-refractivity contribution is 0.181. The van der Waals surface area contributed by atoms with Crippen LogP contribution in [0.15, 0.2) is 101 Å². The summed E-state index contributed by atoms with van der Waals surface area (Å²) in [5.41, 5.74) is 3.99. The van der Waals surface area contributed by atoms with Crippen molar-refractivity contribution in [3.63, 3.8) is 0 Å². The monoisotopic (exact) mass is 472 g/mol. The van der Waals surface area contributed by atoms with E-state index in [1.54, 1.807) is 12.1 Å². The number of para-hydroxylation sites is 1. The minimum Gasteiger partial charge on any atom is -0.481 e. The molecule has 1 unspecified atom stereocenters. The average Bonchev–Trinajstić information content (AvgIpc) is 3.53. The molecule has 0 aliphatic rings. The zero-order valence-electron chi connectivity index (χ0n) is 18.3. The van der Waals surface area contributed by atoms with Crippen LogP contribution in [0.2, 0.25) is 0 Å². The van der Waals surface area contributed by atoms with Crippen LogP contribution in [0.25, 0.3) is 16.9 Å². The number of hydrogen-bond donors (Lipinski definition) is 0. The van der Waals surface area contributed by atoms with Crippen LogP contribution in [0.1, 0.15) is 24.5 Å². The fourth-order valence-electron chi connectivity index (χ4n) is 3.42. The maximum atomic E-state index is 13.1. The second-order valence-electron chi connectivity index (χ2n) is 7.56. The highest BCUT2D eigenvalue weighted by Gasteiger charge is 2.18. The van der Waals surface area contributed by atoms with E-state index in [9.17, 15) is 4.39 Å². The molecule has 6 nitrogen and oxygen atoms in total. The van der Waals surface area contributed by atoms with Gasteiger partial charge in [0.2, 0.25) is 0 Å². The van der Waals surface area contributed by atoms with E-state index in [4.69, 9.17) is 14.3 Å². The molecule has 2 heterocycles. The number of rotatable bonds is 8. The van der Waals surface area contributed by atoms with Crippen LogP contribution < -0.4 is 4.74 Å². The fourth-order valence-corrected chi connectivity index (χ4v) is 4.15. The molecule has 0 fully saturated rings. The maximum absolute atomic E-state index is 13.1. The third-order valence-electron chi connectivity index (χ3n) is 5.11. The molecule has 0 aliphatic heterocycles. The van der Waals surface area contributed by atoms with E-state index in [-0.39, 0.29) is 5.82 Å². The van der Waals surface area contributed by atoms with Gasteiger partial charge in [0, 0.05) is 23.1 Å². The van der Waals surface area contributed by atoms with Gasteiger partial charge in [0.1, 0.15) is 11.6 Å². The van der Waals surface area contributed by atoms with E-state index in [0.717, 1.165) is 22.5 Å². The highest BCUT2D eigenvalue weighted by molar-refractivity contribution is 7.98. The van der Waals surface area contributed by atoms with E-state index in [1.165, 1.54) is 23.9 Å². The molecule has 0 bridgehead atoms. The van der Waals surface area contributed by atoms with Gasteiger partial charge >= 0.3 is 0 Å². The molecule has 8 heteroatoms. The molecule has 3 aromatic carbocycles. The molecule has 0 saturated heterocycles. The normalized spacial score (nSPS) is 11.9. The molecule has 0 aliphatic carbocycles. The van der Waals surface area contributed by atoms with Crippen LogP contribution in [-0.4, -0.2) is 20.0 Å². The summed E-state index contributed by atoms with van der Waals surface area (Å²) >= 11 is 1.44. The number of halogens is 1. The topological polar surface area (TPSA) is 66.0 Å². The van der Waals surface area contributed by atoms with Gasteiger partial charge in [-0.15, -0.1) is 10.2 Å². The van der Waals surface area contributed by atoms with Crippen molar-refractivity contribution >= 4 is 11.8 Å². The molecular weight excluding hydrogens is 451 g/mol. The van der Waals surface area contributed by atoms with E-state index >= 15 is 0 Å². The number of nitrogens with zero attached hydrogens (tertiary/aromatic N) is 4. The predicted octanol–water partition coefficient (Wildman–Crippen LogP) is 6.49. The highest BCUT2D eigenvalue weighted by atomic mass is 32.2. The Hall–Kier alpha value is -3.91. The maximum Gasteiger partial charge on any atom is 0.277 e. The Morgan fingerprint density at radius 1 is 0.941 bits per heavy atom. The summed E-state index contributed by atoms with van der Waals surface area (Å²) in [4.78, 5) is 0. The van der Waals surface area contributed by atoms with Crippen LogP contribution in [0.5, 0.6) is 5.75 Å². The number of aromatic nitrogens is 4. The average molecular weight is 473 g/mol. The van der Waals surface area contributed by atoms with Crippen LogP contribution in [-0.2, 0) is 5.75 Å². The fraction of sp³-hybridized carbons (Fsp3) is 0.115. The van der Waals surface area contributed by atoms with Gasteiger partial charge in [-0.05, 0) is 43.3 Å². The van der Waals surface area contributed by atoms with E-state index < -0.39 is 6.10 Å². The number of ether oxygens (including phenoxy) is 1. The van der Waals surface area contributed by atoms with Gasteiger partial charge < -0.3 is 9.15 Å². The first-order valence-electron chi connectivity index (χ1n) is 10.7. The zero-order valence-corrected chi connectivity index (χ0v) is 19.2. The summed E-state index contributed by atoms with van der Waals surface area (Å²) in [6.07, 6.45) is 1.57. The number of thioether (sulfide) groups is 1. The second-order valence-corrected chi connectivity index (χ2v) is 8.48. The number of benzene rings is 3. The third kappa shape index (κ3) is 5.02. The quantitative estimate of drug-likeness (QED) is 0.240. The van der Waals surface area contributed by atoms with Gasteiger partial charge in [-0.1, -0.05) is 60.3 Å². The van der Waals surface area contributed by atoms with E-state index in [0.29, 0.717) is 22.6 Å². The molecular formula is C26H21FN4O2S. The minimum absolute atomic E-state index is 0.318. The Balaban J connectivity index is 1.32. The lowest BCUT2D eigenvalue weighted by atomic mass is 10.1. The van der Waals surface area contributed by atoms with Crippen molar-refractivity contribution in [2.75, 3.05) is 0 Å². The van der Waals surface area contributed by atoms with E-state index in [1.807, 2.05) is 78.5 Å². The summed E-state index contributed by atoms with van der Waals surface area (Å²) in [7, 11) is 0. The molecule has 5 aromatic rings. The van der Waals surface area contributed by atoms with Gasteiger partial charge in [-0.25, -0.2) is 9.07 Å². The van der Waals surface area contributed by atoms with Gasteiger partial charge in [-0.2, -0.15) is 5.10 Å². The summed E-state index contributed by atoms with van der Waals surface area (Å²) < 4.78 is 26.6. The molecule has 0 N–H and O–H groups in total. The highest BCUT2D eigenvalue weighted by Crippen LogP contribution is 2.30. The third-order valence-corrected chi connectivity index (χ3v) is 5.97. The van der Waals surface area contributed by atoms with Crippen molar-refractivity contribution in [2.45, 2.75) is 24.0 Å². The molecule has 0 amide bonds. The second kappa shape index (κ2) is 9.93. The van der Waals surface area contributed by atoms with Crippen molar-refractivity contribution in [3.8, 4) is 22.7 Å². The standard InChI is InChI=1S/C26H21FN4O2S/c1-18(32-23-14-12-21(27)13-15-23)25-28-29-26(33-25)34-17-20-16-31(22-10-6-3-7-11-22)30-24(20)19-8-4-2-5-9-19/h2-16,18H,17H2,1H3. The van der Waals surface area contributed by atoms with Gasteiger partial charge in [0.15, 0.2) is 6.10 Å². The van der Waals surface area contributed by atoms with Crippen molar-refractivity contribution in [1.82, 2.24) is 20.0 Å². The molecule has 170 valence electrons. The van der Waals surface area contributed by atoms with Crippen molar-refractivity contribution in [2.24, 2.45) is 0 Å². The van der Waals surface area contributed by atoms with Crippen LogP contribution in [0.3, 0.4) is 0 Å². The SMILES string of the molecule is CC(Oc1ccc(F)cc1)c1nnc(SCc2cn(-c3ccccc3)nc2-c2ccccc2)o1. The Morgan fingerprint density at radius 3 is 2.38 bits per heavy atom. The Bertz CT molecular complexity index is 1350. The number of hydrogen-bond acceptors (Lipinski definition) is 6. The predicted molar refractivity (Wildman–Crippen MR) is 128 cm³/mol. The van der Waals surface area contributed by atoms with Gasteiger partial charge in [0.05, 0.1) is 11.4 Å². The molecule has 0 spiro atoms. The minimum atomic E-state index is -0.465. The van der Waals surface area contributed by atoms with Crippen molar-refractivity contribution in [1.29, 1.82) is 0 Å². The van der Waals surface area contributed by atoms with Crippen LogP contribution in [0.4, 0.5) is 4.39 Å². The first kappa shape index (κ1) is 21.9. The first-order chi connectivity index (χ1) is 16.7. The summed E-state index contributed by atoms with van der Waals surface area (Å²) in [6.45, 7) is 1.81. The van der Waals surface area contributed by atoms with Crippen LogP contribution in [0, 0.1) is 5.82 Å². The van der Waals surface area contributed by atoms with Crippen LogP contribution >= 0.6 is 11.8 Å². The van der Waals surface area contributed by atoms with Gasteiger partial charge in [0.25, 0.3) is 11.1 Å². The first-order valence-corrected chi connectivity index (χ1v) is 11.7. The van der Waals surface area contributed by atoms with Crippen molar-refractivity contribution < 1.29 is 13.5 Å². The Labute approximate surface area is 200 Å². The summed E-state index contributed by atoms with van der Waals surface area (Å²) in [5, 5.41) is 13.6. The summed E-state index contributed by atoms with van der Waals surface area (Å²) in [5.74, 6) is 1.17. The zero-order chi connectivity index (χ0) is 23.3. The lowest BCUT2D eigenvalue weighted by Gasteiger charge is -2.10. The summed E-state index contributed by atoms with van der Waals surface area (Å²) in [6, 6.07) is 25.9. The molecule has 0 radical (unpaired) electrons. The van der Waals surface area contributed by atoms with E-state index in [2.05, 4.69) is 10.2 Å². The molecule has 34 heavy (non-hydrogen) atoms. The molecule has 1 atom stereocenters. The van der Waals surface area contributed by atoms with Gasteiger partial charge in [-0.3, -0.25) is 0 Å². The smallest absolute Gasteiger partial charge is 0.277 e. The molecule has 5 rings (SSSR count). The molecule has 0 saturated carbocycles. The Morgan fingerprint density at radius 2 is 1.65 bits per heavy atom.